The van der Waals surface area contributed by atoms with Crippen LogP contribution in [0, 0.1) is 26.7 Å². The molecule has 0 N–H and O–H groups in total. The molecule has 1 aliphatic heterocycles. The van der Waals surface area contributed by atoms with E-state index in [1.54, 1.807) is 0 Å². The van der Waals surface area contributed by atoms with Gasteiger partial charge < -0.3 is 28.4 Å². The van der Waals surface area contributed by atoms with Gasteiger partial charge in [0, 0.05) is 12.2 Å². The summed E-state index contributed by atoms with van der Waals surface area (Å²) in [5.74, 6) is 2.95. The molecular formula is C38H68O6. The van der Waals surface area contributed by atoms with Crippen LogP contribution in [0.25, 0.3) is 0 Å². The Bertz CT molecular complexity index is 885. The minimum absolute atomic E-state index is 0.0689. The summed E-state index contributed by atoms with van der Waals surface area (Å²) in [6.07, 6.45) is 18.1. The summed E-state index contributed by atoms with van der Waals surface area (Å²) >= 11 is 0. The first kappa shape index (κ1) is 38.8. The van der Waals surface area contributed by atoms with Crippen LogP contribution in [0.5, 0.6) is 11.5 Å². The first-order valence-electron chi connectivity index (χ1n) is 18.0. The van der Waals surface area contributed by atoms with Gasteiger partial charge in [0.25, 0.3) is 0 Å². The highest BCUT2D eigenvalue weighted by Crippen LogP contribution is 2.45. The smallest absolute Gasteiger partial charge is 0.127 e. The van der Waals surface area contributed by atoms with Crippen molar-refractivity contribution in [2.45, 2.75) is 144 Å². The Kier molecular flexibility index (Phi) is 20.3. The van der Waals surface area contributed by atoms with Crippen molar-refractivity contribution in [3.63, 3.8) is 0 Å². The average Bonchev–Trinajstić information content (AvgIpc) is 3.00. The van der Waals surface area contributed by atoms with Gasteiger partial charge in [-0.2, -0.15) is 0 Å². The van der Waals surface area contributed by atoms with E-state index < -0.39 is 0 Å². The SMILES string of the molecule is CCCOCCOCCOCCOCCOc1c(C)c(C)c2c(c1C)CCC(C)(CCCCCCCCCCCC(C)C)O2. The molecule has 1 aromatic carbocycles. The van der Waals surface area contributed by atoms with Crippen LogP contribution in [-0.4, -0.2) is 65.1 Å². The molecule has 1 atom stereocenters. The van der Waals surface area contributed by atoms with Crippen molar-refractivity contribution in [1.82, 2.24) is 0 Å². The highest BCUT2D eigenvalue weighted by Gasteiger charge is 2.34. The fourth-order valence-electron chi connectivity index (χ4n) is 6.07. The van der Waals surface area contributed by atoms with Crippen LogP contribution in [0.1, 0.15) is 133 Å². The highest BCUT2D eigenvalue weighted by atomic mass is 16.6. The van der Waals surface area contributed by atoms with Crippen LogP contribution < -0.4 is 9.47 Å². The molecule has 256 valence electrons. The van der Waals surface area contributed by atoms with Gasteiger partial charge in [-0.1, -0.05) is 78.6 Å². The summed E-state index contributed by atoms with van der Waals surface area (Å²) in [5, 5.41) is 0. The van der Waals surface area contributed by atoms with Gasteiger partial charge in [0.15, 0.2) is 0 Å². The number of ether oxygens (including phenoxy) is 6. The predicted molar refractivity (Wildman–Crippen MR) is 183 cm³/mol. The minimum Gasteiger partial charge on any atom is -0.491 e. The van der Waals surface area contributed by atoms with Crippen LogP contribution in [0.2, 0.25) is 0 Å². The highest BCUT2D eigenvalue weighted by molar-refractivity contribution is 5.59. The third kappa shape index (κ3) is 15.3. The normalized spacial score (nSPS) is 16.4. The Balaban J connectivity index is 1.62. The molecule has 0 aliphatic carbocycles. The van der Waals surface area contributed by atoms with Crippen molar-refractivity contribution in [3.8, 4) is 11.5 Å². The lowest BCUT2D eigenvalue weighted by Gasteiger charge is -2.38. The molecule has 1 aromatic rings. The first-order valence-corrected chi connectivity index (χ1v) is 18.0. The van der Waals surface area contributed by atoms with Gasteiger partial charge in [-0.05, 0) is 82.4 Å². The maximum absolute atomic E-state index is 6.78. The average molecular weight is 621 g/mol. The van der Waals surface area contributed by atoms with Crippen molar-refractivity contribution in [2.24, 2.45) is 5.92 Å². The van der Waals surface area contributed by atoms with Gasteiger partial charge >= 0.3 is 0 Å². The summed E-state index contributed by atoms with van der Waals surface area (Å²) in [6, 6.07) is 0. The Morgan fingerprint density at radius 1 is 0.636 bits per heavy atom. The fraction of sp³-hybridized carbons (Fsp3) is 0.842. The van der Waals surface area contributed by atoms with Crippen LogP contribution >= 0.6 is 0 Å². The van der Waals surface area contributed by atoms with Crippen LogP contribution in [-0.2, 0) is 25.4 Å². The molecular weight excluding hydrogens is 552 g/mol. The molecule has 0 saturated carbocycles. The van der Waals surface area contributed by atoms with Crippen LogP contribution in [0.15, 0.2) is 0 Å². The molecule has 44 heavy (non-hydrogen) atoms. The zero-order valence-electron chi connectivity index (χ0n) is 29.8. The molecule has 2 rings (SSSR count). The molecule has 0 spiro atoms. The number of fused-ring (bicyclic) bond motifs is 1. The molecule has 0 bridgehead atoms. The second-order valence-corrected chi connectivity index (χ2v) is 13.5. The van der Waals surface area contributed by atoms with E-state index in [1.807, 2.05) is 0 Å². The molecule has 0 saturated heterocycles. The summed E-state index contributed by atoms with van der Waals surface area (Å²) in [6.45, 7) is 21.0. The Morgan fingerprint density at radius 3 is 1.68 bits per heavy atom. The van der Waals surface area contributed by atoms with Gasteiger partial charge in [0.2, 0.25) is 0 Å². The predicted octanol–water partition coefficient (Wildman–Crippen LogP) is 9.50. The number of hydrogen-bond donors (Lipinski definition) is 0. The molecule has 6 heteroatoms. The molecule has 1 heterocycles. The van der Waals surface area contributed by atoms with Crippen molar-refractivity contribution in [2.75, 3.05) is 59.5 Å². The van der Waals surface area contributed by atoms with Crippen LogP contribution in [0.3, 0.4) is 0 Å². The molecule has 1 aliphatic rings. The first-order chi connectivity index (χ1) is 21.3. The largest absolute Gasteiger partial charge is 0.491 e. The Hall–Kier alpha value is -1.34. The number of hydrogen-bond acceptors (Lipinski definition) is 6. The van der Waals surface area contributed by atoms with Gasteiger partial charge in [-0.15, -0.1) is 0 Å². The van der Waals surface area contributed by atoms with E-state index in [0.29, 0.717) is 52.9 Å². The molecule has 0 fully saturated rings. The van der Waals surface area contributed by atoms with E-state index in [2.05, 4.69) is 48.5 Å². The standard InChI is InChI=1S/C38H68O6/c1-8-22-39-23-24-40-25-26-41-27-28-42-29-30-43-36-32(4)33(5)37-35(34(36)6)19-21-38(7,44-37)20-17-15-13-11-9-10-12-14-16-18-31(2)3/h31H,8-30H2,1-7H3. The number of benzene rings is 1. The van der Waals surface area contributed by atoms with Crippen molar-refractivity contribution >= 4 is 0 Å². The summed E-state index contributed by atoms with van der Waals surface area (Å²) in [5.41, 5.74) is 4.87. The van der Waals surface area contributed by atoms with E-state index in [0.717, 1.165) is 49.7 Å². The Labute approximate surface area is 271 Å². The van der Waals surface area contributed by atoms with E-state index in [-0.39, 0.29) is 5.60 Å². The van der Waals surface area contributed by atoms with E-state index >= 15 is 0 Å². The third-order valence-electron chi connectivity index (χ3n) is 8.99. The monoisotopic (exact) mass is 621 g/mol. The third-order valence-corrected chi connectivity index (χ3v) is 8.99. The molecule has 1 unspecified atom stereocenters. The summed E-state index contributed by atoms with van der Waals surface area (Å²) < 4.78 is 35.2. The van der Waals surface area contributed by atoms with E-state index in [1.165, 1.54) is 86.5 Å². The molecule has 6 nitrogen and oxygen atoms in total. The minimum atomic E-state index is -0.0689. The zero-order valence-corrected chi connectivity index (χ0v) is 29.8. The lowest BCUT2D eigenvalue weighted by molar-refractivity contribution is -0.00456. The van der Waals surface area contributed by atoms with Crippen LogP contribution in [0.4, 0.5) is 0 Å². The second-order valence-electron chi connectivity index (χ2n) is 13.5. The van der Waals surface area contributed by atoms with Crippen molar-refractivity contribution in [1.29, 1.82) is 0 Å². The Morgan fingerprint density at radius 2 is 1.14 bits per heavy atom. The lowest BCUT2D eigenvalue weighted by Crippen LogP contribution is -2.37. The maximum atomic E-state index is 6.78. The topological polar surface area (TPSA) is 55.4 Å². The maximum Gasteiger partial charge on any atom is 0.127 e. The van der Waals surface area contributed by atoms with E-state index in [4.69, 9.17) is 28.4 Å². The van der Waals surface area contributed by atoms with Gasteiger partial charge in [0.05, 0.1) is 46.2 Å². The zero-order chi connectivity index (χ0) is 32.0. The lowest BCUT2D eigenvalue weighted by atomic mass is 9.84. The molecule has 0 radical (unpaired) electrons. The van der Waals surface area contributed by atoms with E-state index in [9.17, 15) is 0 Å². The van der Waals surface area contributed by atoms with Gasteiger partial charge in [-0.3, -0.25) is 0 Å². The van der Waals surface area contributed by atoms with Crippen molar-refractivity contribution < 1.29 is 28.4 Å². The molecule has 0 amide bonds. The number of unbranched alkanes of at least 4 members (excludes halogenated alkanes) is 8. The summed E-state index contributed by atoms with van der Waals surface area (Å²) in [4.78, 5) is 0. The fourth-order valence-corrected chi connectivity index (χ4v) is 6.07. The summed E-state index contributed by atoms with van der Waals surface area (Å²) in [7, 11) is 0. The second kappa shape index (κ2) is 23.1. The van der Waals surface area contributed by atoms with Crippen molar-refractivity contribution in [3.05, 3.63) is 22.3 Å². The number of rotatable bonds is 27. The van der Waals surface area contributed by atoms with Gasteiger partial charge in [0.1, 0.15) is 23.7 Å². The van der Waals surface area contributed by atoms with Gasteiger partial charge in [-0.25, -0.2) is 0 Å². The molecule has 0 aromatic heterocycles. The quantitative estimate of drug-likeness (QED) is 0.0913.